The average Bonchev–Trinajstić information content (AvgIpc) is 3.39. The Morgan fingerprint density at radius 3 is 2.03 bits per heavy atom. The van der Waals surface area contributed by atoms with Gasteiger partial charge >= 0.3 is 0 Å². The van der Waals surface area contributed by atoms with Crippen molar-refractivity contribution in [2.24, 2.45) is 11.8 Å². The lowest BCUT2D eigenvalue weighted by Crippen LogP contribution is -2.51. The minimum absolute atomic E-state index is 0. The van der Waals surface area contributed by atoms with E-state index in [0.29, 0.717) is 6.54 Å². The van der Waals surface area contributed by atoms with Gasteiger partial charge in [0.1, 0.15) is 0 Å². The summed E-state index contributed by atoms with van der Waals surface area (Å²) in [5.74, 6) is 0.348. The van der Waals surface area contributed by atoms with Crippen LogP contribution in [0.3, 0.4) is 0 Å². The quantitative estimate of drug-likeness (QED) is 0.552. The predicted molar refractivity (Wildman–Crippen MR) is 144 cm³/mol. The van der Waals surface area contributed by atoms with Crippen LogP contribution in [0.2, 0.25) is 0 Å². The zero-order valence-electron chi connectivity index (χ0n) is 20.9. The highest BCUT2D eigenvalue weighted by Gasteiger charge is 2.34. The first-order valence-electron chi connectivity index (χ1n) is 13.6. The number of carbonyl (C=O) groups is 2. The molecule has 2 aliphatic carbocycles. The third kappa shape index (κ3) is 6.03. The summed E-state index contributed by atoms with van der Waals surface area (Å²) in [4.78, 5) is 36.8. The number of hydrogen-bond donors (Lipinski definition) is 1. The third-order valence-electron chi connectivity index (χ3n) is 8.37. The first kappa shape index (κ1) is 26.0. The number of fused-ring (bicyclic) bond motifs is 1. The van der Waals surface area contributed by atoms with Crippen LogP contribution in [0.5, 0.6) is 0 Å². The second-order valence-electron chi connectivity index (χ2n) is 10.5. The smallest absolute Gasteiger partial charge is 0.232 e. The number of aromatic amines is 1. The van der Waals surface area contributed by atoms with E-state index in [1.54, 1.807) is 4.90 Å². The Labute approximate surface area is 215 Å². The summed E-state index contributed by atoms with van der Waals surface area (Å²) in [5, 5.41) is 1.28. The summed E-state index contributed by atoms with van der Waals surface area (Å²) in [7, 11) is 0. The van der Waals surface area contributed by atoms with Gasteiger partial charge < -0.3 is 9.88 Å². The number of hydrogen-bond acceptors (Lipinski definition) is 4. The minimum Gasteiger partial charge on any atom is -0.368 e. The molecule has 3 aliphatic rings. The van der Waals surface area contributed by atoms with Crippen LogP contribution in [0.15, 0.2) is 30.5 Å². The van der Waals surface area contributed by atoms with E-state index < -0.39 is 0 Å². The molecule has 0 spiro atoms. The van der Waals surface area contributed by atoms with Gasteiger partial charge in [-0.2, -0.15) is 0 Å². The van der Waals surface area contributed by atoms with Crippen molar-refractivity contribution >= 4 is 40.8 Å². The van der Waals surface area contributed by atoms with E-state index in [9.17, 15) is 9.59 Å². The van der Waals surface area contributed by atoms with Crippen molar-refractivity contribution in [1.29, 1.82) is 0 Å². The van der Waals surface area contributed by atoms with Crippen molar-refractivity contribution in [1.82, 2.24) is 14.8 Å². The molecule has 2 heterocycles. The van der Waals surface area contributed by atoms with Gasteiger partial charge in [0.2, 0.25) is 11.8 Å². The van der Waals surface area contributed by atoms with Crippen LogP contribution in [0, 0.1) is 11.8 Å². The van der Waals surface area contributed by atoms with E-state index in [4.69, 9.17) is 0 Å². The van der Waals surface area contributed by atoms with Crippen LogP contribution >= 0.6 is 12.4 Å². The van der Waals surface area contributed by atoms with Gasteiger partial charge in [0, 0.05) is 73.9 Å². The standard InChI is InChI=1S/C28H40N4O2.ClH/c33-27(22-8-3-1-4-9-22)32(28(34)23-10-5-2-6-11-23)21-18-30-16-19-31(20-17-30)26-13-7-12-25-24(26)14-15-29-25;/h7,12-15,22-23,29H,1-6,8-11,16-21H2;1H. The Kier molecular flexibility index (Phi) is 9.12. The fourth-order valence-corrected chi connectivity index (χ4v) is 6.27. The molecule has 192 valence electrons. The number of amides is 2. The number of piperazine rings is 1. The third-order valence-corrected chi connectivity index (χ3v) is 8.37. The molecule has 1 saturated heterocycles. The molecule has 3 fully saturated rings. The molecule has 7 heteroatoms. The van der Waals surface area contributed by atoms with Crippen LogP contribution < -0.4 is 4.90 Å². The Balaban J connectivity index is 0.00000289. The second-order valence-corrected chi connectivity index (χ2v) is 10.5. The van der Waals surface area contributed by atoms with Crippen molar-refractivity contribution < 1.29 is 9.59 Å². The fraction of sp³-hybridized carbons (Fsp3) is 0.643. The predicted octanol–water partition coefficient (Wildman–Crippen LogP) is 5.23. The molecule has 1 N–H and O–H groups in total. The molecule has 0 bridgehead atoms. The number of halogens is 1. The van der Waals surface area contributed by atoms with E-state index in [1.807, 2.05) is 6.20 Å². The summed E-state index contributed by atoms with van der Waals surface area (Å²) in [6, 6.07) is 8.60. The fourth-order valence-electron chi connectivity index (χ4n) is 6.27. The van der Waals surface area contributed by atoms with Gasteiger partial charge in [0.25, 0.3) is 0 Å². The maximum absolute atomic E-state index is 13.5. The maximum atomic E-state index is 13.5. The number of imide groups is 1. The molecule has 5 rings (SSSR count). The SMILES string of the molecule is Cl.O=C(C1CCCCC1)N(CCN1CCN(c2cccc3[nH]ccc23)CC1)C(=O)C1CCCCC1. The minimum atomic E-state index is 0. The van der Waals surface area contributed by atoms with Crippen molar-refractivity contribution in [2.75, 3.05) is 44.2 Å². The summed E-state index contributed by atoms with van der Waals surface area (Å²) in [6.45, 7) is 5.21. The van der Waals surface area contributed by atoms with Crippen LogP contribution in [-0.4, -0.2) is 65.9 Å². The normalized spacial score (nSPS) is 20.5. The van der Waals surface area contributed by atoms with Gasteiger partial charge in [-0.15, -0.1) is 12.4 Å². The molecule has 2 aromatic rings. The van der Waals surface area contributed by atoms with Crippen LogP contribution in [0.25, 0.3) is 10.9 Å². The monoisotopic (exact) mass is 500 g/mol. The second kappa shape index (κ2) is 12.3. The molecule has 0 unspecified atom stereocenters. The van der Waals surface area contributed by atoms with Crippen LogP contribution in [0.4, 0.5) is 5.69 Å². The molecule has 1 aromatic carbocycles. The number of nitrogens with zero attached hydrogens (tertiary/aromatic N) is 3. The number of nitrogens with one attached hydrogen (secondary N) is 1. The number of carbonyl (C=O) groups excluding carboxylic acids is 2. The summed E-state index contributed by atoms with van der Waals surface area (Å²) < 4.78 is 0. The van der Waals surface area contributed by atoms with Gasteiger partial charge in [-0.1, -0.05) is 44.6 Å². The number of H-pyrrole nitrogens is 1. The maximum Gasteiger partial charge on any atom is 0.232 e. The van der Waals surface area contributed by atoms with Crippen molar-refractivity contribution in [3.8, 4) is 0 Å². The average molecular weight is 501 g/mol. The Hall–Kier alpha value is -2.05. The summed E-state index contributed by atoms with van der Waals surface area (Å²) in [6.07, 6.45) is 12.8. The van der Waals surface area contributed by atoms with E-state index >= 15 is 0 Å². The number of aromatic nitrogens is 1. The zero-order valence-corrected chi connectivity index (χ0v) is 21.7. The summed E-state index contributed by atoms with van der Waals surface area (Å²) in [5.41, 5.74) is 2.47. The Morgan fingerprint density at radius 2 is 1.43 bits per heavy atom. The van der Waals surface area contributed by atoms with Crippen molar-refractivity contribution in [2.45, 2.75) is 64.2 Å². The Bertz CT molecular complexity index is 942. The molecule has 1 aromatic heterocycles. The van der Waals surface area contributed by atoms with Crippen LogP contribution in [-0.2, 0) is 9.59 Å². The highest BCUT2D eigenvalue weighted by Crippen LogP contribution is 2.30. The molecule has 1 aliphatic heterocycles. The van der Waals surface area contributed by atoms with E-state index in [1.165, 1.54) is 29.4 Å². The first-order valence-corrected chi connectivity index (χ1v) is 13.6. The number of anilines is 1. The molecule has 0 atom stereocenters. The lowest BCUT2D eigenvalue weighted by Gasteiger charge is -2.38. The molecular weight excluding hydrogens is 460 g/mol. The zero-order chi connectivity index (χ0) is 23.3. The lowest BCUT2D eigenvalue weighted by atomic mass is 9.86. The number of rotatable bonds is 6. The molecule has 6 nitrogen and oxygen atoms in total. The van der Waals surface area contributed by atoms with Gasteiger partial charge in [-0.25, -0.2) is 0 Å². The van der Waals surface area contributed by atoms with Crippen molar-refractivity contribution in [3.05, 3.63) is 30.5 Å². The topological polar surface area (TPSA) is 59.7 Å². The van der Waals surface area contributed by atoms with E-state index in [0.717, 1.165) is 84.1 Å². The summed E-state index contributed by atoms with van der Waals surface area (Å²) >= 11 is 0. The largest absolute Gasteiger partial charge is 0.368 e. The first-order chi connectivity index (χ1) is 16.7. The highest BCUT2D eigenvalue weighted by atomic mass is 35.5. The molecule has 35 heavy (non-hydrogen) atoms. The van der Waals surface area contributed by atoms with Gasteiger partial charge in [0.15, 0.2) is 0 Å². The molecule has 0 radical (unpaired) electrons. The van der Waals surface area contributed by atoms with E-state index in [2.05, 4.69) is 39.0 Å². The molecular formula is C28H41ClN4O2. The number of benzene rings is 1. The van der Waals surface area contributed by atoms with Gasteiger partial charge in [0.05, 0.1) is 0 Å². The molecule has 2 amide bonds. The van der Waals surface area contributed by atoms with Gasteiger partial charge in [-0.3, -0.25) is 19.4 Å². The lowest BCUT2D eigenvalue weighted by molar-refractivity contribution is -0.151. The van der Waals surface area contributed by atoms with E-state index in [-0.39, 0.29) is 36.1 Å². The van der Waals surface area contributed by atoms with Gasteiger partial charge in [-0.05, 0) is 43.9 Å². The molecule has 2 saturated carbocycles. The Morgan fingerprint density at radius 1 is 0.829 bits per heavy atom. The van der Waals surface area contributed by atoms with Crippen molar-refractivity contribution in [3.63, 3.8) is 0 Å². The highest BCUT2D eigenvalue weighted by molar-refractivity contribution is 5.97. The van der Waals surface area contributed by atoms with Crippen LogP contribution in [0.1, 0.15) is 64.2 Å².